The molecule has 0 N–H and O–H groups in total. The minimum Gasteiger partial charge on any atom is -0.453 e. The second kappa shape index (κ2) is 11.4. The van der Waals surface area contributed by atoms with Gasteiger partial charge in [-0.05, 0) is 61.4 Å². The van der Waals surface area contributed by atoms with E-state index >= 15 is 0 Å². The number of benzene rings is 1. The molecule has 0 unspecified atom stereocenters. The number of furan rings is 1. The first kappa shape index (κ1) is 24.7. The van der Waals surface area contributed by atoms with E-state index in [1.807, 2.05) is 35.0 Å². The summed E-state index contributed by atoms with van der Waals surface area (Å²) in [6.45, 7) is 3.94. The van der Waals surface area contributed by atoms with Crippen molar-refractivity contribution in [1.29, 1.82) is 0 Å². The molecule has 1 saturated heterocycles. The fraction of sp³-hybridized carbons (Fsp3) is 0.444. The molecule has 2 aromatic heterocycles. The van der Waals surface area contributed by atoms with Crippen LogP contribution in [0.5, 0.6) is 0 Å². The molecule has 1 aromatic carbocycles. The number of aryl methyl sites for hydroxylation is 1. The average Bonchev–Trinajstić information content (AvgIpc) is 3.55. The standard InChI is InChI=1S/C27H34N4O4/c1-20-7-4-5-8-22(20)17-24(29(2)26(32)18-31-14-6-13-28-31)21-11-15-30(16-12-21)27(33)25-10-9-23(35-25)19-34-3/h4-10,13-14,21,24H,11-12,15-19H2,1-3H3/t24-/m1/s1. The summed E-state index contributed by atoms with van der Waals surface area (Å²) in [5.74, 6) is 1.21. The number of methoxy groups -OCH3 is 1. The Bertz CT molecular complexity index is 1120. The number of hydrogen-bond donors (Lipinski definition) is 0. The maximum atomic E-state index is 13.2. The van der Waals surface area contributed by atoms with E-state index in [4.69, 9.17) is 9.15 Å². The van der Waals surface area contributed by atoms with E-state index in [2.05, 4.69) is 24.2 Å². The van der Waals surface area contributed by atoms with E-state index in [0.717, 1.165) is 19.3 Å². The summed E-state index contributed by atoms with van der Waals surface area (Å²) in [7, 11) is 3.49. The Labute approximate surface area is 206 Å². The molecule has 8 heteroatoms. The third-order valence-electron chi connectivity index (χ3n) is 6.97. The summed E-state index contributed by atoms with van der Waals surface area (Å²) in [5.41, 5.74) is 2.47. The first-order valence-corrected chi connectivity index (χ1v) is 12.1. The van der Waals surface area contributed by atoms with Gasteiger partial charge in [0.25, 0.3) is 5.91 Å². The lowest BCUT2D eigenvalue weighted by molar-refractivity contribution is -0.134. The van der Waals surface area contributed by atoms with Crippen molar-refractivity contribution in [3.63, 3.8) is 0 Å². The lowest BCUT2D eigenvalue weighted by Gasteiger charge is -2.40. The number of nitrogens with zero attached hydrogens (tertiary/aromatic N) is 4. The van der Waals surface area contributed by atoms with Crippen LogP contribution in [0.1, 0.15) is 40.3 Å². The molecule has 1 aliphatic rings. The molecular weight excluding hydrogens is 444 g/mol. The second-order valence-corrected chi connectivity index (χ2v) is 9.23. The predicted octanol–water partition coefficient (Wildman–Crippen LogP) is 3.55. The number of likely N-dealkylation sites (N-methyl/N-ethyl adjacent to an activating group) is 1. The van der Waals surface area contributed by atoms with Gasteiger partial charge in [-0.15, -0.1) is 0 Å². The zero-order chi connectivity index (χ0) is 24.8. The third kappa shape index (κ3) is 6.00. The van der Waals surface area contributed by atoms with Gasteiger partial charge in [-0.2, -0.15) is 5.10 Å². The van der Waals surface area contributed by atoms with E-state index in [1.165, 1.54) is 11.1 Å². The normalized spacial score (nSPS) is 15.2. The van der Waals surface area contributed by atoms with Gasteiger partial charge in [-0.25, -0.2) is 0 Å². The Kier molecular flexibility index (Phi) is 8.02. The Hall–Kier alpha value is -3.39. The van der Waals surface area contributed by atoms with Gasteiger partial charge in [0.05, 0.1) is 0 Å². The van der Waals surface area contributed by atoms with Crippen LogP contribution in [0.3, 0.4) is 0 Å². The fourth-order valence-electron chi connectivity index (χ4n) is 4.87. The molecular formula is C27H34N4O4. The van der Waals surface area contributed by atoms with Crippen LogP contribution in [-0.2, 0) is 29.1 Å². The Morgan fingerprint density at radius 1 is 1.17 bits per heavy atom. The molecule has 3 aromatic rings. The fourth-order valence-corrected chi connectivity index (χ4v) is 4.87. The second-order valence-electron chi connectivity index (χ2n) is 9.23. The topological polar surface area (TPSA) is 80.8 Å². The molecule has 1 aliphatic heterocycles. The number of likely N-dealkylation sites (tertiary alicyclic amines) is 1. The molecule has 35 heavy (non-hydrogen) atoms. The van der Waals surface area contributed by atoms with Crippen molar-refractivity contribution >= 4 is 11.8 Å². The van der Waals surface area contributed by atoms with Crippen molar-refractivity contribution in [2.45, 2.75) is 45.4 Å². The van der Waals surface area contributed by atoms with Gasteiger partial charge in [0.2, 0.25) is 5.91 Å². The maximum absolute atomic E-state index is 13.2. The summed E-state index contributed by atoms with van der Waals surface area (Å²) < 4.78 is 12.4. The number of rotatable bonds is 9. The SMILES string of the molecule is COCc1ccc(C(=O)N2CCC([C@@H](Cc3ccccc3C)N(C)C(=O)Cn3cccn3)CC2)o1. The van der Waals surface area contributed by atoms with Crippen molar-refractivity contribution in [3.8, 4) is 0 Å². The quantitative estimate of drug-likeness (QED) is 0.470. The average molecular weight is 479 g/mol. The van der Waals surface area contributed by atoms with Crippen molar-refractivity contribution in [3.05, 3.63) is 77.5 Å². The number of aromatic nitrogens is 2. The number of piperidine rings is 1. The highest BCUT2D eigenvalue weighted by Crippen LogP contribution is 2.28. The molecule has 186 valence electrons. The summed E-state index contributed by atoms with van der Waals surface area (Å²) in [4.78, 5) is 29.9. The van der Waals surface area contributed by atoms with Gasteiger partial charge in [-0.1, -0.05) is 24.3 Å². The third-order valence-corrected chi connectivity index (χ3v) is 6.97. The minimum absolute atomic E-state index is 0.0343. The first-order chi connectivity index (χ1) is 17.0. The van der Waals surface area contributed by atoms with Crippen molar-refractivity contribution in [2.24, 2.45) is 5.92 Å². The van der Waals surface area contributed by atoms with E-state index in [0.29, 0.717) is 31.2 Å². The van der Waals surface area contributed by atoms with Crippen LogP contribution >= 0.6 is 0 Å². The summed E-state index contributed by atoms with van der Waals surface area (Å²) in [6, 6.07) is 13.7. The molecule has 0 radical (unpaired) electrons. The van der Waals surface area contributed by atoms with Crippen molar-refractivity contribution in [2.75, 3.05) is 27.2 Å². The van der Waals surface area contributed by atoms with Crippen molar-refractivity contribution in [1.82, 2.24) is 19.6 Å². The summed E-state index contributed by atoms with van der Waals surface area (Å²) in [5, 5.41) is 4.19. The summed E-state index contributed by atoms with van der Waals surface area (Å²) >= 11 is 0. The van der Waals surface area contributed by atoms with Crippen LogP contribution in [0.4, 0.5) is 0 Å². The number of amides is 2. The largest absolute Gasteiger partial charge is 0.453 e. The molecule has 1 atom stereocenters. The number of hydrogen-bond acceptors (Lipinski definition) is 5. The van der Waals surface area contributed by atoms with Crippen LogP contribution in [0.25, 0.3) is 0 Å². The van der Waals surface area contributed by atoms with Gasteiger partial charge in [0, 0.05) is 45.7 Å². The minimum atomic E-state index is -0.0932. The predicted molar refractivity (Wildman–Crippen MR) is 132 cm³/mol. The van der Waals surface area contributed by atoms with Gasteiger partial charge >= 0.3 is 0 Å². The van der Waals surface area contributed by atoms with E-state index < -0.39 is 0 Å². The molecule has 2 amide bonds. The molecule has 3 heterocycles. The van der Waals surface area contributed by atoms with E-state index in [1.54, 1.807) is 36.3 Å². The molecule has 8 nitrogen and oxygen atoms in total. The summed E-state index contributed by atoms with van der Waals surface area (Å²) in [6.07, 6.45) is 5.92. The zero-order valence-electron chi connectivity index (χ0n) is 20.7. The highest BCUT2D eigenvalue weighted by atomic mass is 16.5. The van der Waals surface area contributed by atoms with Crippen LogP contribution in [-0.4, -0.2) is 64.7 Å². The molecule has 0 bridgehead atoms. The van der Waals surface area contributed by atoms with Crippen LogP contribution in [0, 0.1) is 12.8 Å². The van der Waals surface area contributed by atoms with Gasteiger partial charge in [0.1, 0.15) is 18.9 Å². The number of carbonyl (C=O) groups is 2. The maximum Gasteiger partial charge on any atom is 0.289 e. The van der Waals surface area contributed by atoms with E-state index in [9.17, 15) is 9.59 Å². The smallest absolute Gasteiger partial charge is 0.289 e. The lowest BCUT2D eigenvalue weighted by Crippen LogP contribution is -2.49. The van der Waals surface area contributed by atoms with Crippen LogP contribution in [0.15, 0.2) is 59.3 Å². The molecule has 4 rings (SSSR count). The Morgan fingerprint density at radius 2 is 1.94 bits per heavy atom. The Morgan fingerprint density at radius 3 is 2.63 bits per heavy atom. The van der Waals surface area contributed by atoms with Gasteiger partial charge < -0.3 is 19.0 Å². The Balaban J connectivity index is 1.45. The highest BCUT2D eigenvalue weighted by Gasteiger charge is 2.33. The molecule has 0 aliphatic carbocycles. The van der Waals surface area contributed by atoms with Gasteiger partial charge in [0.15, 0.2) is 5.76 Å². The number of carbonyl (C=O) groups excluding carboxylic acids is 2. The molecule has 1 fully saturated rings. The van der Waals surface area contributed by atoms with Crippen molar-refractivity contribution < 1.29 is 18.7 Å². The molecule has 0 saturated carbocycles. The number of ether oxygens (including phenoxy) is 1. The van der Waals surface area contributed by atoms with Crippen LogP contribution < -0.4 is 0 Å². The van der Waals surface area contributed by atoms with Crippen LogP contribution in [0.2, 0.25) is 0 Å². The van der Waals surface area contributed by atoms with E-state index in [-0.39, 0.29) is 30.3 Å². The first-order valence-electron chi connectivity index (χ1n) is 12.1. The monoisotopic (exact) mass is 478 g/mol. The zero-order valence-corrected chi connectivity index (χ0v) is 20.7. The highest BCUT2D eigenvalue weighted by molar-refractivity contribution is 5.91. The molecule has 0 spiro atoms. The van der Waals surface area contributed by atoms with Gasteiger partial charge in [-0.3, -0.25) is 14.3 Å². The lowest BCUT2D eigenvalue weighted by atomic mass is 9.84.